The highest BCUT2D eigenvalue weighted by atomic mass is 79.9. The van der Waals surface area contributed by atoms with Crippen LogP contribution in [0.25, 0.3) is 32.7 Å². The molecular formula is C48H33BrF6NOP. The van der Waals surface area contributed by atoms with E-state index in [0.717, 1.165) is 55.2 Å². The first-order valence-electron chi connectivity index (χ1n) is 18.1. The van der Waals surface area contributed by atoms with Crippen LogP contribution in [0.5, 0.6) is 0 Å². The molecule has 0 spiro atoms. The van der Waals surface area contributed by atoms with Crippen molar-refractivity contribution in [1.82, 2.24) is 0 Å². The summed E-state index contributed by atoms with van der Waals surface area (Å²) < 4.78 is 86.5. The van der Waals surface area contributed by atoms with Crippen molar-refractivity contribution >= 4 is 56.3 Å². The molecule has 290 valence electrons. The monoisotopic (exact) mass is 863 g/mol. The average Bonchev–Trinajstić information content (AvgIpc) is 3.23. The van der Waals surface area contributed by atoms with Crippen LogP contribution in [0.3, 0.4) is 0 Å². The Morgan fingerprint density at radius 2 is 0.948 bits per heavy atom. The van der Waals surface area contributed by atoms with Gasteiger partial charge in [0.1, 0.15) is 23.2 Å². The van der Waals surface area contributed by atoms with E-state index in [2.05, 4.69) is 5.32 Å². The summed E-state index contributed by atoms with van der Waals surface area (Å²) in [6.45, 7) is 0. The average molecular weight is 865 g/mol. The lowest BCUT2D eigenvalue weighted by Crippen LogP contribution is -3.00. The third-order valence-electron chi connectivity index (χ3n) is 10.2. The van der Waals surface area contributed by atoms with Gasteiger partial charge in [0.25, 0.3) is 5.91 Å². The predicted molar refractivity (Wildman–Crippen MR) is 220 cm³/mol. The third-order valence-corrected chi connectivity index (χ3v) is 14.6. The second-order valence-electron chi connectivity index (χ2n) is 13.8. The van der Waals surface area contributed by atoms with Gasteiger partial charge in [0.05, 0.1) is 17.3 Å². The molecule has 0 saturated heterocycles. The van der Waals surface area contributed by atoms with Gasteiger partial charge in [-0.25, -0.2) is 0 Å². The quantitative estimate of drug-likeness (QED) is 0.120. The lowest BCUT2D eigenvalue weighted by Gasteiger charge is -2.31. The Morgan fingerprint density at radius 1 is 0.500 bits per heavy atom. The molecule has 0 fully saturated rings. The maximum Gasteiger partial charge on any atom is 0.416 e. The zero-order valence-corrected chi connectivity index (χ0v) is 33.0. The van der Waals surface area contributed by atoms with Crippen molar-refractivity contribution in [1.29, 1.82) is 0 Å². The van der Waals surface area contributed by atoms with Gasteiger partial charge < -0.3 is 22.3 Å². The van der Waals surface area contributed by atoms with Crippen LogP contribution >= 0.6 is 7.26 Å². The Morgan fingerprint density at radius 3 is 1.47 bits per heavy atom. The van der Waals surface area contributed by atoms with Crippen molar-refractivity contribution in [3.05, 3.63) is 204 Å². The lowest BCUT2D eigenvalue weighted by molar-refractivity contribution is -0.143. The number of nitrogens with one attached hydrogen (secondary N) is 1. The molecule has 0 aliphatic carbocycles. The van der Waals surface area contributed by atoms with Gasteiger partial charge in [-0.1, -0.05) is 115 Å². The van der Waals surface area contributed by atoms with Gasteiger partial charge in [0, 0.05) is 22.4 Å². The molecule has 0 aliphatic rings. The zero-order chi connectivity index (χ0) is 39.8. The number of rotatable bonds is 8. The Balaban J connectivity index is 0.00000512. The molecule has 0 heterocycles. The largest absolute Gasteiger partial charge is 1.00 e. The molecule has 1 N–H and O–H groups in total. The van der Waals surface area contributed by atoms with E-state index >= 15 is 0 Å². The highest BCUT2D eigenvalue weighted by Crippen LogP contribution is 2.61. The first kappa shape index (κ1) is 40.4. The zero-order valence-electron chi connectivity index (χ0n) is 30.5. The molecule has 8 aromatic carbocycles. The van der Waals surface area contributed by atoms with E-state index in [1.807, 2.05) is 140 Å². The molecule has 8 aromatic rings. The number of anilines is 1. The van der Waals surface area contributed by atoms with E-state index in [-0.39, 0.29) is 40.7 Å². The van der Waals surface area contributed by atoms with Crippen LogP contribution in [0.2, 0.25) is 0 Å². The molecule has 0 atom stereocenters. The number of carbonyl (C=O) groups excluding carboxylic acids is 1. The fourth-order valence-electron chi connectivity index (χ4n) is 7.71. The molecular weight excluding hydrogens is 831 g/mol. The smallest absolute Gasteiger partial charge is 0.416 e. The summed E-state index contributed by atoms with van der Waals surface area (Å²) in [5.41, 5.74) is -0.505. The molecule has 2 nitrogen and oxygen atoms in total. The van der Waals surface area contributed by atoms with Crippen molar-refractivity contribution in [3.63, 3.8) is 0 Å². The summed E-state index contributed by atoms with van der Waals surface area (Å²) in [6.07, 6.45) is -10.2. The molecule has 8 rings (SSSR count). The minimum Gasteiger partial charge on any atom is -1.00 e. The van der Waals surface area contributed by atoms with Crippen LogP contribution in [-0.4, -0.2) is 5.91 Å². The highest BCUT2D eigenvalue weighted by molar-refractivity contribution is 7.95. The molecule has 0 saturated carbocycles. The number of amides is 1. The summed E-state index contributed by atoms with van der Waals surface area (Å²) >= 11 is 0. The van der Waals surface area contributed by atoms with Gasteiger partial charge in [-0.05, 0) is 93.8 Å². The predicted octanol–water partition coefficient (Wildman–Crippen LogP) is 9.45. The molecule has 0 bridgehead atoms. The number of halogens is 7. The number of hydrogen-bond acceptors (Lipinski definition) is 1. The lowest BCUT2D eigenvalue weighted by atomic mass is 9.92. The van der Waals surface area contributed by atoms with Gasteiger partial charge in [0.15, 0.2) is 0 Å². The van der Waals surface area contributed by atoms with Gasteiger partial charge in [-0.2, -0.15) is 26.3 Å². The third kappa shape index (κ3) is 7.77. The summed E-state index contributed by atoms with van der Waals surface area (Å²) in [7, 11) is -3.26. The Kier molecular flexibility index (Phi) is 11.3. The summed E-state index contributed by atoms with van der Waals surface area (Å²) in [5.74, 6) is -0.343. The first-order chi connectivity index (χ1) is 27.4. The first-order valence-corrected chi connectivity index (χ1v) is 20.1. The van der Waals surface area contributed by atoms with Crippen LogP contribution in [0.4, 0.5) is 32.0 Å². The number of carbonyl (C=O) groups is 1. The summed E-state index contributed by atoms with van der Waals surface area (Å²) in [4.78, 5) is 13.9. The highest BCUT2D eigenvalue weighted by Gasteiger charge is 2.49. The van der Waals surface area contributed by atoms with Gasteiger partial charge in [-0.3, -0.25) is 4.79 Å². The van der Waals surface area contributed by atoms with E-state index in [1.165, 1.54) is 0 Å². The minimum atomic E-state index is -5.03. The van der Waals surface area contributed by atoms with Crippen LogP contribution in [0.1, 0.15) is 27.0 Å². The maximum atomic E-state index is 14.4. The van der Waals surface area contributed by atoms with E-state index in [4.69, 9.17) is 0 Å². The number of alkyl halides is 6. The van der Waals surface area contributed by atoms with E-state index < -0.39 is 30.7 Å². The number of benzene rings is 8. The maximum absolute atomic E-state index is 14.4. The van der Waals surface area contributed by atoms with Crippen LogP contribution < -0.4 is 38.2 Å². The molecule has 0 aliphatic heterocycles. The molecule has 10 heteroatoms. The normalized spacial score (nSPS) is 12.0. The topological polar surface area (TPSA) is 29.1 Å². The summed E-state index contributed by atoms with van der Waals surface area (Å²) in [6, 6.07) is 52.4. The molecule has 0 unspecified atom stereocenters. The van der Waals surface area contributed by atoms with Crippen molar-refractivity contribution in [2.75, 3.05) is 5.32 Å². The molecule has 0 aromatic heterocycles. The number of fused-ring (bicyclic) bond motifs is 2. The SMILES string of the molecule is O=C(Nc1ccc2ccccc2c1-c1c([P+](Cc2cc(C(F)(F)F)cc(C(F)(F)F)c2)(c2ccccc2)c2ccccc2)ccc2ccccc12)c1ccccc1.[Br-]. The van der Waals surface area contributed by atoms with Crippen molar-refractivity contribution in [3.8, 4) is 11.1 Å². The van der Waals surface area contributed by atoms with Gasteiger partial charge in [-0.15, -0.1) is 0 Å². The fourth-order valence-corrected chi connectivity index (χ4v) is 12.1. The second kappa shape index (κ2) is 16.2. The van der Waals surface area contributed by atoms with E-state index in [0.29, 0.717) is 16.8 Å². The van der Waals surface area contributed by atoms with Crippen molar-refractivity contribution in [2.24, 2.45) is 0 Å². The van der Waals surface area contributed by atoms with Crippen LogP contribution in [0.15, 0.2) is 182 Å². The second-order valence-corrected chi connectivity index (χ2v) is 17.2. The Hall–Kier alpha value is -5.76. The van der Waals surface area contributed by atoms with Gasteiger partial charge >= 0.3 is 12.4 Å². The van der Waals surface area contributed by atoms with Crippen molar-refractivity contribution < 1.29 is 48.1 Å². The fraction of sp³-hybridized carbons (Fsp3) is 0.0625. The van der Waals surface area contributed by atoms with Crippen LogP contribution in [0, 0.1) is 0 Å². The van der Waals surface area contributed by atoms with E-state index in [9.17, 15) is 31.1 Å². The number of hydrogen-bond donors (Lipinski definition) is 1. The minimum absolute atomic E-state index is 0. The van der Waals surface area contributed by atoms with E-state index in [1.54, 1.807) is 24.3 Å². The van der Waals surface area contributed by atoms with Crippen molar-refractivity contribution in [2.45, 2.75) is 18.5 Å². The standard InChI is InChI=1S/C48H32F6NOP.BrH/c49-47(50,51)36-28-32(29-37(30-36)48(52,53)54)31-57(38-18-6-2-7-19-38,39-20-8-3-9-21-39)43-27-25-34-15-11-13-23-41(34)45(43)44-40-22-12-10-14-33(40)24-26-42(44)55-46(56)35-16-4-1-5-17-35;/h1-30H,31H2;1H. The Bertz CT molecular complexity index is 2670. The van der Waals surface area contributed by atoms with Gasteiger partial charge in [0.2, 0.25) is 0 Å². The summed E-state index contributed by atoms with van der Waals surface area (Å²) in [5, 5.41) is 8.76. The molecule has 0 radical (unpaired) electrons. The molecule has 58 heavy (non-hydrogen) atoms. The molecule has 1 amide bonds. The Labute approximate surface area is 342 Å². The van der Waals surface area contributed by atoms with Crippen LogP contribution in [-0.2, 0) is 18.5 Å².